The highest BCUT2D eigenvalue weighted by Crippen LogP contribution is 2.32. The van der Waals surface area contributed by atoms with Gasteiger partial charge in [-0.15, -0.1) is 0 Å². The lowest BCUT2D eigenvalue weighted by molar-refractivity contribution is -0.142. The molecule has 2 aromatic carbocycles. The number of esters is 1. The number of anilines is 2. The topological polar surface area (TPSA) is 79.8 Å². The lowest BCUT2D eigenvalue weighted by Crippen LogP contribution is -2.23. The highest BCUT2D eigenvalue weighted by atomic mass is 35.5. The molecule has 0 saturated carbocycles. The molecule has 156 valence electrons. The average Bonchev–Trinajstić information content (AvgIpc) is 2.88. The number of nitrogens with zero attached hydrogens (tertiary/aromatic N) is 1. The number of carbonyl (C=O) groups is 2. The van der Waals surface area contributed by atoms with Gasteiger partial charge in [0.15, 0.2) is 0 Å². The van der Waals surface area contributed by atoms with Gasteiger partial charge in [-0.05, 0) is 44.2 Å². The van der Waals surface area contributed by atoms with Gasteiger partial charge in [0.25, 0.3) is 0 Å². The second kappa shape index (κ2) is 10.3. The Balaban J connectivity index is 1.78. The zero-order valence-electron chi connectivity index (χ0n) is 16.6. The molecule has 2 aromatic rings. The van der Waals surface area contributed by atoms with Gasteiger partial charge in [0, 0.05) is 5.70 Å². The van der Waals surface area contributed by atoms with Crippen LogP contribution in [0.25, 0.3) is 0 Å². The fourth-order valence-electron chi connectivity index (χ4n) is 2.74. The number of halogens is 1. The first kappa shape index (κ1) is 21.9. The highest BCUT2D eigenvalue weighted by molar-refractivity contribution is 8.15. The van der Waals surface area contributed by atoms with E-state index in [4.69, 9.17) is 16.3 Å². The molecule has 0 aliphatic carbocycles. The second-order valence-electron chi connectivity index (χ2n) is 6.47. The molecule has 1 heterocycles. The van der Waals surface area contributed by atoms with Crippen molar-refractivity contribution in [2.45, 2.75) is 25.5 Å². The fraction of sp³-hybridized carbons (Fsp3) is 0.227. The summed E-state index contributed by atoms with van der Waals surface area (Å²) in [4.78, 5) is 29.3. The summed E-state index contributed by atoms with van der Waals surface area (Å²) in [6.07, 6.45) is 1.86. The number of hydrogen-bond acceptors (Lipinski definition) is 6. The summed E-state index contributed by atoms with van der Waals surface area (Å²) in [7, 11) is 0. The third-order valence-electron chi connectivity index (χ3n) is 4.17. The van der Waals surface area contributed by atoms with Crippen molar-refractivity contribution in [3.05, 3.63) is 65.3 Å². The van der Waals surface area contributed by atoms with Gasteiger partial charge in [0.1, 0.15) is 0 Å². The first-order valence-electron chi connectivity index (χ1n) is 9.49. The number of thioether (sulfide) groups is 1. The van der Waals surface area contributed by atoms with E-state index in [0.717, 1.165) is 11.4 Å². The van der Waals surface area contributed by atoms with Crippen LogP contribution in [0.1, 0.15) is 20.3 Å². The van der Waals surface area contributed by atoms with E-state index in [1.54, 1.807) is 38.1 Å². The van der Waals surface area contributed by atoms with Crippen molar-refractivity contribution in [1.82, 2.24) is 0 Å². The number of aliphatic imine (C=N–C) groups is 1. The predicted octanol–water partition coefficient (Wildman–Crippen LogP) is 5.39. The molecular weight excluding hydrogens is 422 g/mol. The summed E-state index contributed by atoms with van der Waals surface area (Å²) < 4.78 is 5.06. The van der Waals surface area contributed by atoms with E-state index in [1.165, 1.54) is 11.8 Å². The summed E-state index contributed by atoms with van der Waals surface area (Å²) in [5.74, 6) is -0.522. The molecule has 6 nitrogen and oxygen atoms in total. The third kappa shape index (κ3) is 5.87. The standard InChI is InChI=1S/C22H22ClN3O3S/c1-3-29-21(27)13-15-12-20(25-19-11-7-6-10-18(19)24-15)30-14(2)22(28)26-17-9-5-4-8-16(17)23/h4-12,14,24H,3,13H2,1-2H3,(H,26,28)/t14-/m0/s1. The van der Waals surface area contributed by atoms with Crippen LogP contribution in [0.15, 0.2) is 65.3 Å². The molecule has 1 aliphatic heterocycles. The Morgan fingerprint density at radius 2 is 1.93 bits per heavy atom. The van der Waals surface area contributed by atoms with Crippen molar-refractivity contribution in [3.63, 3.8) is 0 Å². The molecule has 1 aliphatic rings. The number of amides is 1. The molecule has 0 saturated heterocycles. The fourth-order valence-corrected chi connectivity index (χ4v) is 3.81. The summed E-state index contributed by atoms with van der Waals surface area (Å²) in [5.41, 5.74) is 2.74. The molecule has 0 spiro atoms. The molecule has 0 unspecified atom stereocenters. The number of carbonyl (C=O) groups excluding carboxylic acids is 2. The van der Waals surface area contributed by atoms with Crippen molar-refractivity contribution >= 4 is 57.3 Å². The van der Waals surface area contributed by atoms with Crippen LogP contribution in [0.4, 0.5) is 17.1 Å². The van der Waals surface area contributed by atoms with Gasteiger partial charge < -0.3 is 15.4 Å². The SMILES string of the molecule is CCOC(=O)CC1=CC(S[C@@H](C)C(=O)Nc2ccccc2Cl)=Nc2ccccc2N1. The van der Waals surface area contributed by atoms with Crippen LogP contribution in [-0.2, 0) is 14.3 Å². The maximum atomic E-state index is 12.7. The Kier molecular flexibility index (Phi) is 7.54. The van der Waals surface area contributed by atoms with Gasteiger partial charge in [-0.2, -0.15) is 0 Å². The summed E-state index contributed by atoms with van der Waals surface area (Å²) in [6, 6.07) is 14.6. The normalized spacial score (nSPS) is 13.7. The van der Waals surface area contributed by atoms with Crippen LogP contribution < -0.4 is 10.6 Å². The lowest BCUT2D eigenvalue weighted by Gasteiger charge is -2.13. The van der Waals surface area contributed by atoms with Crippen molar-refractivity contribution in [3.8, 4) is 0 Å². The number of para-hydroxylation sites is 3. The van der Waals surface area contributed by atoms with Crippen molar-refractivity contribution < 1.29 is 14.3 Å². The van der Waals surface area contributed by atoms with E-state index < -0.39 is 5.25 Å². The Morgan fingerprint density at radius 3 is 2.70 bits per heavy atom. The van der Waals surface area contributed by atoms with E-state index in [1.807, 2.05) is 30.3 Å². The van der Waals surface area contributed by atoms with Crippen molar-refractivity contribution in [2.75, 3.05) is 17.2 Å². The maximum absolute atomic E-state index is 12.7. The largest absolute Gasteiger partial charge is 0.466 e. The van der Waals surface area contributed by atoms with E-state index >= 15 is 0 Å². The van der Waals surface area contributed by atoms with E-state index in [-0.39, 0.29) is 18.3 Å². The smallest absolute Gasteiger partial charge is 0.311 e. The monoisotopic (exact) mass is 443 g/mol. The van der Waals surface area contributed by atoms with E-state index in [2.05, 4.69) is 15.6 Å². The van der Waals surface area contributed by atoms with E-state index in [0.29, 0.717) is 28.1 Å². The Bertz CT molecular complexity index is 1010. The van der Waals surface area contributed by atoms with Gasteiger partial charge in [0.05, 0.1) is 45.4 Å². The minimum absolute atomic E-state index is 0.0853. The molecule has 0 radical (unpaired) electrons. The van der Waals surface area contributed by atoms with E-state index in [9.17, 15) is 9.59 Å². The Labute approximate surface area is 184 Å². The average molecular weight is 444 g/mol. The van der Waals surface area contributed by atoms with Crippen LogP contribution in [0.3, 0.4) is 0 Å². The first-order chi connectivity index (χ1) is 14.5. The molecule has 0 bridgehead atoms. The Hall–Kier alpha value is -2.77. The minimum Gasteiger partial charge on any atom is -0.466 e. The number of rotatable bonds is 6. The molecule has 2 N–H and O–H groups in total. The molecule has 1 atom stereocenters. The molecule has 30 heavy (non-hydrogen) atoms. The van der Waals surface area contributed by atoms with Crippen molar-refractivity contribution in [1.29, 1.82) is 0 Å². The van der Waals surface area contributed by atoms with Crippen LogP contribution in [0.2, 0.25) is 5.02 Å². The summed E-state index contributed by atoms with van der Waals surface area (Å²) in [5, 5.41) is 6.74. The van der Waals surface area contributed by atoms with Gasteiger partial charge in [-0.3, -0.25) is 9.59 Å². The quantitative estimate of drug-likeness (QED) is 0.585. The van der Waals surface area contributed by atoms with Gasteiger partial charge in [-0.1, -0.05) is 47.6 Å². The maximum Gasteiger partial charge on any atom is 0.311 e. The molecule has 8 heteroatoms. The molecular formula is C22H22ClN3O3S. The van der Waals surface area contributed by atoms with Gasteiger partial charge in [-0.25, -0.2) is 4.99 Å². The Morgan fingerprint density at radius 1 is 1.20 bits per heavy atom. The highest BCUT2D eigenvalue weighted by Gasteiger charge is 2.20. The second-order valence-corrected chi connectivity index (χ2v) is 8.24. The summed E-state index contributed by atoms with van der Waals surface area (Å²) in [6.45, 7) is 3.88. The molecule has 0 fully saturated rings. The van der Waals surface area contributed by atoms with Crippen LogP contribution in [0, 0.1) is 0 Å². The number of nitrogens with one attached hydrogen (secondary N) is 2. The summed E-state index contributed by atoms with van der Waals surface area (Å²) >= 11 is 7.43. The van der Waals surface area contributed by atoms with Crippen LogP contribution in [-0.4, -0.2) is 28.8 Å². The molecule has 1 amide bonds. The number of ether oxygens (including phenoxy) is 1. The molecule has 3 rings (SSSR count). The number of benzene rings is 2. The third-order valence-corrected chi connectivity index (χ3v) is 5.51. The van der Waals surface area contributed by atoms with Crippen molar-refractivity contribution in [2.24, 2.45) is 4.99 Å². The van der Waals surface area contributed by atoms with Gasteiger partial charge in [0.2, 0.25) is 5.91 Å². The predicted molar refractivity (Wildman–Crippen MR) is 124 cm³/mol. The number of fused-ring (bicyclic) bond motifs is 1. The van der Waals surface area contributed by atoms with Crippen LogP contribution in [0.5, 0.6) is 0 Å². The lowest BCUT2D eigenvalue weighted by atomic mass is 10.2. The zero-order valence-corrected chi connectivity index (χ0v) is 18.2. The zero-order chi connectivity index (χ0) is 21.5. The minimum atomic E-state index is -0.439. The van der Waals surface area contributed by atoms with Gasteiger partial charge >= 0.3 is 5.97 Å². The molecule has 0 aromatic heterocycles. The van der Waals surface area contributed by atoms with Crippen LogP contribution >= 0.6 is 23.4 Å². The first-order valence-corrected chi connectivity index (χ1v) is 10.7. The number of hydrogen-bond donors (Lipinski definition) is 2.